The van der Waals surface area contributed by atoms with E-state index in [4.69, 9.17) is 0 Å². The number of para-hydroxylation sites is 2. The Hall–Kier alpha value is -7.31. The Morgan fingerprint density at radius 2 is 1.02 bits per heavy atom. The van der Waals surface area contributed by atoms with Gasteiger partial charge >= 0.3 is 0 Å². The van der Waals surface area contributed by atoms with Gasteiger partial charge in [-0.05, 0) is 96.1 Å². The van der Waals surface area contributed by atoms with Gasteiger partial charge in [-0.2, -0.15) is 0 Å². The lowest BCUT2D eigenvalue weighted by molar-refractivity contribution is 1.06. The van der Waals surface area contributed by atoms with Crippen molar-refractivity contribution in [3.8, 4) is 33.9 Å². The third-order valence-corrected chi connectivity index (χ3v) is 9.98. The van der Waals surface area contributed by atoms with Crippen LogP contribution in [0.15, 0.2) is 195 Å². The average Bonchev–Trinajstić information content (AvgIpc) is 3.82. The number of aromatic nitrogens is 5. The topological polar surface area (TPSA) is 51.8 Å². The standard InChI is InChI=1S/C47H32N6/c1-4-10-33(11-5-1)34-16-21-39(22-17-34)52(40-23-18-36(19-24-40)47-49-31-48-32-50-47)41-25-27-44-43(30-41)42-26-20-35-28-29-51(37-12-6-2-7-13-37)45(35)46(42)53(44)38-14-8-3-9-15-38/h1-32H. The first-order valence-corrected chi connectivity index (χ1v) is 17.7. The second-order valence-corrected chi connectivity index (χ2v) is 13.1. The smallest absolute Gasteiger partial charge is 0.162 e. The van der Waals surface area contributed by atoms with Crippen molar-refractivity contribution in [1.29, 1.82) is 0 Å². The Morgan fingerprint density at radius 3 is 1.70 bits per heavy atom. The molecule has 0 N–H and O–H groups in total. The lowest BCUT2D eigenvalue weighted by atomic mass is 10.0. The summed E-state index contributed by atoms with van der Waals surface area (Å²) in [7, 11) is 0. The van der Waals surface area contributed by atoms with Crippen molar-refractivity contribution in [3.05, 3.63) is 195 Å². The largest absolute Gasteiger partial charge is 0.315 e. The summed E-state index contributed by atoms with van der Waals surface area (Å²) in [5.74, 6) is 0.645. The van der Waals surface area contributed by atoms with Gasteiger partial charge in [0.15, 0.2) is 5.82 Å². The zero-order valence-corrected chi connectivity index (χ0v) is 28.7. The molecule has 3 heterocycles. The van der Waals surface area contributed by atoms with Gasteiger partial charge in [0, 0.05) is 56.4 Å². The van der Waals surface area contributed by atoms with Gasteiger partial charge in [-0.15, -0.1) is 0 Å². The summed E-state index contributed by atoms with van der Waals surface area (Å²) in [4.78, 5) is 15.1. The molecule has 250 valence electrons. The van der Waals surface area contributed by atoms with Gasteiger partial charge in [-0.3, -0.25) is 0 Å². The maximum Gasteiger partial charge on any atom is 0.162 e. The van der Waals surface area contributed by atoms with E-state index in [0.29, 0.717) is 5.82 Å². The molecule has 0 saturated heterocycles. The average molecular weight is 681 g/mol. The molecule has 0 aliphatic carbocycles. The molecule has 10 rings (SSSR count). The van der Waals surface area contributed by atoms with Crippen molar-refractivity contribution < 1.29 is 0 Å². The highest BCUT2D eigenvalue weighted by molar-refractivity contribution is 6.19. The van der Waals surface area contributed by atoms with Crippen LogP contribution in [0.1, 0.15) is 0 Å². The molecule has 0 unspecified atom stereocenters. The Morgan fingerprint density at radius 1 is 0.434 bits per heavy atom. The van der Waals surface area contributed by atoms with Gasteiger partial charge in [0.05, 0.1) is 16.6 Å². The zero-order chi connectivity index (χ0) is 35.1. The molecular weight excluding hydrogens is 649 g/mol. The molecule has 0 fully saturated rings. The SMILES string of the molecule is c1ccc(-c2ccc(N(c3ccc(-c4ncncn4)cc3)c3ccc4c(c3)c3ccc5ccn(-c6ccccc6)c5c3n4-c3ccccc3)cc2)cc1. The molecule has 0 radical (unpaired) electrons. The van der Waals surface area contributed by atoms with Crippen LogP contribution in [0.5, 0.6) is 0 Å². The van der Waals surface area contributed by atoms with Crippen LogP contribution in [0.25, 0.3) is 66.6 Å². The van der Waals surface area contributed by atoms with Crippen LogP contribution in [-0.4, -0.2) is 24.1 Å². The van der Waals surface area contributed by atoms with E-state index in [2.05, 4.69) is 211 Å². The molecule has 3 aromatic heterocycles. The third kappa shape index (κ3) is 5.32. The minimum atomic E-state index is 0.645. The summed E-state index contributed by atoms with van der Waals surface area (Å²) < 4.78 is 4.73. The molecule has 0 aliphatic heterocycles. The molecule has 0 atom stereocenters. The number of fused-ring (bicyclic) bond motifs is 5. The van der Waals surface area contributed by atoms with Crippen LogP contribution >= 0.6 is 0 Å². The van der Waals surface area contributed by atoms with Crippen molar-refractivity contribution in [1.82, 2.24) is 24.1 Å². The van der Waals surface area contributed by atoms with Crippen LogP contribution in [0, 0.1) is 0 Å². The van der Waals surface area contributed by atoms with Gasteiger partial charge < -0.3 is 14.0 Å². The van der Waals surface area contributed by atoms with E-state index in [-0.39, 0.29) is 0 Å². The van der Waals surface area contributed by atoms with Gasteiger partial charge in [0.1, 0.15) is 12.7 Å². The minimum absolute atomic E-state index is 0.645. The molecule has 6 nitrogen and oxygen atoms in total. The number of hydrogen-bond acceptors (Lipinski definition) is 4. The summed E-state index contributed by atoms with van der Waals surface area (Å²) in [6.45, 7) is 0. The first kappa shape index (κ1) is 30.5. The molecule has 0 aliphatic rings. The predicted molar refractivity (Wildman–Crippen MR) is 217 cm³/mol. The fourth-order valence-electron chi connectivity index (χ4n) is 7.53. The first-order valence-electron chi connectivity index (χ1n) is 17.7. The fraction of sp³-hybridized carbons (Fsp3) is 0. The second-order valence-electron chi connectivity index (χ2n) is 13.1. The summed E-state index contributed by atoms with van der Waals surface area (Å²) in [5.41, 5.74) is 12.2. The normalized spacial score (nSPS) is 11.4. The van der Waals surface area contributed by atoms with Gasteiger partial charge in [-0.25, -0.2) is 15.0 Å². The minimum Gasteiger partial charge on any atom is -0.315 e. The van der Waals surface area contributed by atoms with E-state index in [1.165, 1.54) is 51.0 Å². The van der Waals surface area contributed by atoms with Crippen LogP contribution < -0.4 is 4.90 Å². The van der Waals surface area contributed by atoms with Crippen molar-refractivity contribution in [3.63, 3.8) is 0 Å². The highest BCUT2D eigenvalue weighted by Crippen LogP contribution is 2.42. The van der Waals surface area contributed by atoms with Crippen LogP contribution in [0.2, 0.25) is 0 Å². The number of rotatable bonds is 7. The van der Waals surface area contributed by atoms with Crippen LogP contribution in [0.3, 0.4) is 0 Å². The Bertz CT molecular complexity index is 2760. The molecule has 6 heteroatoms. The molecule has 53 heavy (non-hydrogen) atoms. The Kier molecular flexibility index (Phi) is 7.36. The van der Waals surface area contributed by atoms with E-state index >= 15 is 0 Å². The van der Waals surface area contributed by atoms with Crippen LogP contribution in [0.4, 0.5) is 17.1 Å². The van der Waals surface area contributed by atoms with Crippen molar-refractivity contribution in [2.24, 2.45) is 0 Å². The highest BCUT2D eigenvalue weighted by atomic mass is 15.1. The monoisotopic (exact) mass is 680 g/mol. The van der Waals surface area contributed by atoms with E-state index in [0.717, 1.165) is 39.5 Å². The first-order chi connectivity index (χ1) is 26.3. The zero-order valence-electron chi connectivity index (χ0n) is 28.7. The summed E-state index contributed by atoms with van der Waals surface area (Å²) in [6, 6.07) is 62.6. The Labute approximate surface area is 306 Å². The van der Waals surface area contributed by atoms with Crippen molar-refractivity contribution >= 4 is 49.8 Å². The maximum absolute atomic E-state index is 4.37. The maximum atomic E-state index is 4.37. The number of nitrogens with zero attached hydrogens (tertiary/aromatic N) is 6. The van der Waals surface area contributed by atoms with Gasteiger partial charge in [0.25, 0.3) is 0 Å². The lowest BCUT2D eigenvalue weighted by Gasteiger charge is -2.26. The molecule has 10 aromatic rings. The van der Waals surface area contributed by atoms with Crippen LogP contribution in [-0.2, 0) is 0 Å². The van der Waals surface area contributed by atoms with E-state index in [1.807, 2.05) is 0 Å². The molecule has 0 spiro atoms. The van der Waals surface area contributed by atoms with E-state index in [9.17, 15) is 0 Å². The molecule has 0 bridgehead atoms. The third-order valence-electron chi connectivity index (χ3n) is 9.98. The van der Waals surface area contributed by atoms with Gasteiger partial charge in [0.2, 0.25) is 0 Å². The van der Waals surface area contributed by atoms with Gasteiger partial charge in [-0.1, -0.05) is 91.0 Å². The highest BCUT2D eigenvalue weighted by Gasteiger charge is 2.21. The lowest BCUT2D eigenvalue weighted by Crippen LogP contribution is -2.10. The molecule has 0 saturated carbocycles. The summed E-state index contributed by atoms with van der Waals surface area (Å²) in [6.07, 6.45) is 5.24. The van der Waals surface area contributed by atoms with E-state index in [1.54, 1.807) is 0 Å². The molecule has 7 aromatic carbocycles. The number of hydrogen-bond donors (Lipinski definition) is 0. The quantitative estimate of drug-likeness (QED) is 0.168. The predicted octanol–water partition coefficient (Wildman–Crippen LogP) is 11.7. The molecular formula is C47H32N6. The van der Waals surface area contributed by atoms with E-state index < -0.39 is 0 Å². The summed E-state index contributed by atoms with van der Waals surface area (Å²) >= 11 is 0. The number of anilines is 3. The fourth-order valence-corrected chi connectivity index (χ4v) is 7.53. The Balaban J connectivity index is 1.19. The second kappa shape index (κ2) is 12.8. The summed E-state index contributed by atoms with van der Waals surface area (Å²) in [5, 5.41) is 3.57. The number of benzene rings is 7. The molecule has 0 amide bonds. The van der Waals surface area contributed by atoms with Crippen molar-refractivity contribution in [2.75, 3.05) is 4.90 Å². The van der Waals surface area contributed by atoms with Crippen molar-refractivity contribution in [2.45, 2.75) is 0 Å².